The number of ether oxygens (including phenoxy) is 1. The number of benzene rings is 1. The third-order valence-corrected chi connectivity index (χ3v) is 5.16. The summed E-state index contributed by atoms with van der Waals surface area (Å²) in [4.78, 5) is 32.4. The highest BCUT2D eigenvalue weighted by Gasteiger charge is 2.51. The molecule has 1 unspecified atom stereocenters. The lowest BCUT2D eigenvalue weighted by molar-refractivity contribution is -0.131. The first-order chi connectivity index (χ1) is 14.6. The number of methoxy groups -OCH3 is 1. The summed E-state index contributed by atoms with van der Waals surface area (Å²) >= 11 is 0. The maximum absolute atomic E-state index is 13.9. The predicted octanol–water partition coefficient (Wildman–Crippen LogP) is 0.929. The fourth-order valence-corrected chi connectivity index (χ4v) is 3.21. The average molecular weight is 427 g/mol. The third kappa shape index (κ3) is 3.65. The summed E-state index contributed by atoms with van der Waals surface area (Å²) in [5, 5.41) is 13.9. The maximum Gasteiger partial charge on any atom is 0.245 e. The molecular weight excluding hydrogens is 405 g/mol. The molecule has 3 rings (SSSR count). The van der Waals surface area contributed by atoms with Crippen LogP contribution in [0.5, 0.6) is 0 Å². The molecular formula is C20H22FN7O3. The highest BCUT2D eigenvalue weighted by atomic mass is 19.1. The van der Waals surface area contributed by atoms with E-state index in [0.29, 0.717) is 11.1 Å². The van der Waals surface area contributed by atoms with Crippen LogP contribution in [0.3, 0.4) is 0 Å². The number of allylic oxidation sites excluding steroid dienone is 1. The summed E-state index contributed by atoms with van der Waals surface area (Å²) in [6.45, 7) is 3.05. The van der Waals surface area contributed by atoms with Crippen LogP contribution in [0.1, 0.15) is 30.8 Å². The summed E-state index contributed by atoms with van der Waals surface area (Å²) in [5.74, 6) is -1.94. The van der Waals surface area contributed by atoms with Gasteiger partial charge in [-0.2, -0.15) is 0 Å². The number of hydrogen-bond acceptors (Lipinski definition) is 8. The van der Waals surface area contributed by atoms with Crippen LogP contribution < -0.4 is 22.1 Å². The van der Waals surface area contributed by atoms with Crippen molar-refractivity contribution in [3.63, 3.8) is 0 Å². The Kier molecular flexibility index (Phi) is 5.60. The number of nitrogens with zero attached hydrogens (tertiary/aromatic N) is 2. The molecule has 0 bridgehead atoms. The second-order valence-electron chi connectivity index (χ2n) is 7.08. The van der Waals surface area contributed by atoms with E-state index in [0.717, 1.165) is 0 Å². The van der Waals surface area contributed by atoms with Gasteiger partial charge in [0, 0.05) is 17.7 Å². The van der Waals surface area contributed by atoms with Crippen molar-refractivity contribution in [2.24, 2.45) is 5.73 Å². The first kappa shape index (κ1) is 21.7. The van der Waals surface area contributed by atoms with Gasteiger partial charge in [-0.3, -0.25) is 15.0 Å². The van der Waals surface area contributed by atoms with Gasteiger partial charge in [-0.15, -0.1) is 0 Å². The Morgan fingerprint density at radius 2 is 2.03 bits per heavy atom. The van der Waals surface area contributed by atoms with E-state index in [1.165, 1.54) is 20.1 Å². The molecule has 2 aromatic rings. The monoisotopic (exact) mass is 427 g/mol. The predicted molar refractivity (Wildman–Crippen MR) is 111 cm³/mol. The maximum atomic E-state index is 13.9. The van der Waals surface area contributed by atoms with Crippen molar-refractivity contribution >= 4 is 29.2 Å². The lowest BCUT2D eigenvalue weighted by Crippen LogP contribution is -2.44. The number of aromatic nitrogens is 2. The summed E-state index contributed by atoms with van der Waals surface area (Å²) in [7, 11) is 1.40. The molecule has 0 saturated heterocycles. The Morgan fingerprint density at radius 1 is 1.35 bits per heavy atom. The molecule has 0 spiro atoms. The van der Waals surface area contributed by atoms with Crippen molar-refractivity contribution in [1.82, 2.24) is 15.3 Å². The van der Waals surface area contributed by atoms with Gasteiger partial charge >= 0.3 is 0 Å². The largest absolute Gasteiger partial charge is 0.482 e. The van der Waals surface area contributed by atoms with Gasteiger partial charge in [0.25, 0.3) is 0 Å². The topological polar surface area (TPSA) is 169 Å². The van der Waals surface area contributed by atoms with Gasteiger partial charge in [0.2, 0.25) is 11.8 Å². The quantitative estimate of drug-likeness (QED) is 0.249. The van der Waals surface area contributed by atoms with Crippen molar-refractivity contribution in [2.45, 2.75) is 25.8 Å². The molecule has 1 aliphatic heterocycles. The van der Waals surface area contributed by atoms with Gasteiger partial charge in [-0.05, 0) is 19.9 Å². The Bertz CT molecular complexity index is 1130. The summed E-state index contributed by atoms with van der Waals surface area (Å²) in [5.41, 5.74) is 10.4. The number of anilines is 2. The van der Waals surface area contributed by atoms with E-state index in [4.69, 9.17) is 21.6 Å². The molecule has 0 fully saturated rings. The minimum absolute atomic E-state index is 0.0182. The van der Waals surface area contributed by atoms with Gasteiger partial charge in [0.1, 0.15) is 23.2 Å². The number of rotatable bonds is 7. The zero-order valence-electron chi connectivity index (χ0n) is 17.2. The van der Waals surface area contributed by atoms with Crippen molar-refractivity contribution in [3.05, 3.63) is 58.5 Å². The lowest BCUT2D eigenvalue weighted by atomic mass is 9.84. The second-order valence-corrected chi connectivity index (χ2v) is 7.08. The van der Waals surface area contributed by atoms with Gasteiger partial charge in [-0.25, -0.2) is 14.4 Å². The zero-order valence-corrected chi connectivity index (χ0v) is 17.2. The van der Waals surface area contributed by atoms with Crippen LogP contribution in [0.4, 0.5) is 16.0 Å². The summed E-state index contributed by atoms with van der Waals surface area (Å²) in [6.07, 6.45) is 0. The number of amides is 2. The number of carbonyl (C=O) groups is 2. The van der Waals surface area contributed by atoms with Crippen molar-refractivity contribution in [3.8, 4) is 0 Å². The van der Waals surface area contributed by atoms with Crippen molar-refractivity contribution < 1.29 is 18.7 Å². The number of carbonyl (C=O) groups excluding carboxylic acids is 2. The molecule has 1 aromatic heterocycles. The fraction of sp³-hybridized carbons (Fsp3) is 0.250. The minimum atomic E-state index is -1.70. The van der Waals surface area contributed by atoms with Crippen LogP contribution >= 0.6 is 0 Å². The van der Waals surface area contributed by atoms with Crippen LogP contribution in [0.15, 0.2) is 35.7 Å². The Morgan fingerprint density at radius 3 is 2.65 bits per heavy atom. The molecule has 0 radical (unpaired) electrons. The molecule has 1 atom stereocenters. The summed E-state index contributed by atoms with van der Waals surface area (Å²) in [6, 6.07) is 6.27. The van der Waals surface area contributed by atoms with E-state index in [1.807, 2.05) is 0 Å². The highest BCUT2D eigenvalue weighted by Crippen LogP contribution is 2.39. The molecule has 31 heavy (non-hydrogen) atoms. The Labute approximate surface area is 177 Å². The number of nitrogens with two attached hydrogens (primary N) is 2. The van der Waals surface area contributed by atoms with Crippen LogP contribution in [0, 0.1) is 11.2 Å². The number of nitrogen functional groups attached to an aromatic ring is 1. The Hall–Kier alpha value is -4.02. The fourth-order valence-electron chi connectivity index (χ4n) is 3.21. The first-order valence-electron chi connectivity index (χ1n) is 9.22. The van der Waals surface area contributed by atoms with Gasteiger partial charge in [0.15, 0.2) is 17.1 Å². The van der Waals surface area contributed by atoms with Gasteiger partial charge in [-0.1, -0.05) is 18.2 Å². The Balaban J connectivity index is 1.92. The average Bonchev–Trinajstić information content (AvgIpc) is 3.00. The number of fused-ring (bicyclic) bond motifs is 1. The number of nitrogens with one attached hydrogen (secondary N) is 3. The molecule has 2 heterocycles. The van der Waals surface area contributed by atoms with Crippen LogP contribution in [0.25, 0.3) is 0 Å². The van der Waals surface area contributed by atoms with E-state index in [1.54, 1.807) is 25.1 Å². The second kappa shape index (κ2) is 8.01. The zero-order chi connectivity index (χ0) is 22.9. The number of primary amides is 1. The molecule has 2 amide bonds. The first-order valence-corrected chi connectivity index (χ1v) is 9.22. The lowest BCUT2D eigenvalue weighted by Gasteiger charge is -2.18. The van der Waals surface area contributed by atoms with Crippen molar-refractivity contribution in [1.29, 1.82) is 5.41 Å². The van der Waals surface area contributed by atoms with E-state index in [9.17, 15) is 14.0 Å². The molecule has 10 nitrogen and oxygen atoms in total. The smallest absolute Gasteiger partial charge is 0.245 e. The molecule has 0 saturated carbocycles. The SMILES string of the molecule is CO/C(NCc1ccccc1F)=C(\C)C(=N)c1nc(N)c2c(n1)NC(=O)C2(C)C(N)=O. The molecule has 162 valence electrons. The molecule has 0 aliphatic carbocycles. The minimum Gasteiger partial charge on any atom is -0.482 e. The van der Waals surface area contributed by atoms with E-state index in [2.05, 4.69) is 20.6 Å². The van der Waals surface area contributed by atoms with Crippen molar-refractivity contribution in [2.75, 3.05) is 18.2 Å². The number of halogens is 1. The van der Waals surface area contributed by atoms with Crippen LogP contribution in [-0.4, -0.2) is 34.6 Å². The van der Waals surface area contributed by atoms with Crippen LogP contribution in [0.2, 0.25) is 0 Å². The van der Waals surface area contributed by atoms with Crippen LogP contribution in [-0.2, 0) is 26.3 Å². The van der Waals surface area contributed by atoms with Gasteiger partial charge < -0.3 is 26.8 Å². The van der Waals surface area contributed by atoms with Gasteiger partial charge in [0.05, 0.1) is 12.7 Å². The molecule has 7 N–H and O–H groups in total. The van der Waals surface area contributed by atoms with E-state index >= 15 is 0 Å². The third-order valence-electron chi connectivity index (χ3n) is 5.16. The molecule has 11 heteroatoms. The van der Waals surface area contributed by atoms with E-state index in [-0.39, 0.29) is 47.0 Å². The standard InChI is InChI=1S/C20H22FN7O3/c1-9(17(31-3)25-8-10-6-4-5-7-11(10)21)13(22)16-26-14(23)12-15(27-16)28-19(30)20(12,2)18(24)29/h4-7,22,25H,8H2,1-3H3,(H2,24,29)(H3,23,26,27,28,30)/b17-9+,22-13?. The normalized spacial score (nSPS) is 18.0. The molecule has 1 aromatic carbocycles. The summed E-state index contributed by atoms with van der Waals surface area (Å²) < 4.78 is 19.2. The molecule has 1 aliphatic rings. The van der Waals surface area contributed by atoms with E-state index < -0.39 is 17.2 Å². The highest BCUT2D eigenvalue weighted by molar-refractivity contribution is 6.20. The number of hydrogen-bond donors (Lipinski definition) is 5.